The molecule has 14 nitrogen and oxygen atoms in total. The van der Waals surface area contributed by atoms with Crippen LogP contribution in [0.1, 0.15) is 38.1 Å². The van der Waals surface area contributed by atoms with Gasteiger partial charge in [0.15, 0.2) is 0 Å². The van der Waals surface area contributed by atoms with E-state index in [1.165, 1.54) is 19.1 Å². The number of esters is 1. The summed E-state index contributed by atoms with van der Waals surface area (Å²) in [7, 11) is -4.50. The summed E-state index contributed by atoms with van der Waals surface area (Å²) in [5.41, 5.74) is -1.52. The summed E-state index contributed by atoms with van der Waals surface area (Å²) in [5, 5.41) is 11.5. The minimum atomic E-state index is -4.50. The number of nitrogens with one attached hydrogen (secondary N) is 2. The van der Waals surface area contributed by atoms with E-state index in [2.05, 4.69) is 10.1 Å². The van der Waals surface area contributed by atoms with E-state index < -0.39 is 79.8 Å². The summed E-state index contributed by atoms with van der Waals surface area (Å²) < 4.78 is 41.8. The number of aliphatic carboxylic acids is 1. The van der Waals surface area contributed by atoms with Crippen molar-refractivity contribution in [1.82, 2.24) is 14.9 Å². The van der Waals surface area contributed by atoms with Gasteiger partial charge in [-0.3, -0.25) is 9.69 Å². The van der Waals surface area contributed by atoms with Gasteiger partial charge in [0.2, 0.25) is 0 Å². The molecule has 1 aromatic carbocycles. The summed E-state index contributed by atoms with van der Waals surface area (Å²) in [6.07, 6.45) is -2.06. The van der Waals surface area contributed by atoms with Crippen molar-refractivity contribution in [3.8, 4) is 0 Å². The molecule has 212 valence electrons. The number of nitrogens with zero attached hydrogens (tertiary/aromatic N) is 1. The minimum absolute atomic E-state index is 0.0419. The first-order valence-electron chi connectivity index (χ1n) is 11.5. The molecule has 0 radical (unpaired) electrons. The Morgan fingerprint density at radius 1 is 1.13 bits per heavy atom. The number of β-lactam (4-membered cyclic amide) rings is 1. The lowest BCUT2D eigenvalue weighted by molar-refractivity contribution is -0.149. The number of carbonyl (C=O) groups is 5. The second kappa shape index (κ2) is 11.5. The molecule has 0 aliphatic carbocycles. The molecule has 1 aromatic rings. The minimum Gasteiger partial charge on any atom is -0.477 e. The van der Waals surface area contributed by atoms with E-state index in [-0.39, 0.29) is 17.9 Å². The summed E-state index contributed by atoms with van der Waals surface area (Å²) in [6, 6.07) is 3.94. The fourth-order valence-electron chi connectivity index (χ4n) is 3.65. The lowest BCUT2D eigenvalue weighted by atomic mass is 10.0. The van der Waals surface area contributed by atoms with Gasteiger partial charge in [-0.2, -0.15) is 0 Å². The zero-order valence-corrected chi connectivity index (χ0v) is 23.0. The van der Waals surface area contributed by atoms with Gasteiger partial charge in [0, 0.05) is 11.3 Å². The summed E-state index contributed by atoms with van der Waals surface area (Å²) >= 11 is 1.15. The molecule has 0 saturated carbocycles. The smallest absolute Gasteiger partial charge is 0.421 e. The van der Waals surface area contributed by atoms with Crippen LogP contribution in [0.15, 0.2) is 40.4 Å². The summed E-state index contributed by atoms with van der Waals surface area (Å²) in [5.74, 6) is -3.19. The van der Waals surface area contributed by atoms with Crippen molar-refractivity contribution < 1.29 is 51.7 Å². The van der Waals surface area contributed by atoms with Crippen molar-refractivity contribution in [2.75, 3.05) is 19.0 Å². The average molecular weight is 586 g/mol. The number of amides is 3. The maximum atomic E-state index is 12.8. The third kappa shape index (κ3) is 6.81. The fraction of sp³-hybridized carbons (Fsp3) is 0.435. The van der Waals surface area contributed by atoms with Crippen LogP contribution in [-0.4, -0.2) is 84.4 Å². The molecule has 16 heteroatoms. The number of hydrogen-bond acceptors (Lipinski definition) is 11. The Balaban J connectivity index is 1.75. The van der Waals surface area contributed by atoms with E-state index in [1.54, 1.807) is 25.5 Å². The number of sulfonamides is 1. The standard InChI is InChI=1S/C23H27N3O11S2/c1-5-35-22(32)25-39(33,34)14-9-7-6-8-13(14)20(30)36-10-12-11-38-18-15(24-21(31)37-23(2,3)4)17(27)26(18)16(12)19(28)29/h6-9,15,18H,5,10-11H2,1-4H3,(H,24,31)(H,25,32)(H,28,29)/t15-,18+/m1/s1. The molecule has 0 spiro atoms. The number of hydrogen-bond donors (Lipinski definition) is 3. The van der Waals surface area contributed by atoms with Crippen LogP contribution in [0.25, 0.3) is 0 Å². The quantitative estimate of drug-likeness (QED) is 0.226. The Morgan fingerprint density at radius 3 is 2.41 bits per heavy atom. The van der Waals surface area contributed by atoms with Crippen molar-refractivity contribution in [1.29, 1.82) is 0 Å². The van der Waals surface area contributed by atoms with E-state index in [0.717, 1.165) is 28.8 Å². The highest BCUT2D eigenvalue weighted by molar-refractivity contribution is 8.00. The molecule has 2 aliphatic rings. The van der Waals surface area contributed by atoms with Crippen LogP contribution >= 0.6 is 11.8 Å². The number of fused-ring (bicyclic) bond motifs is 1. The van der Waals surface area contributed by atoms with E-state index in [0.29, 0.717) is 0 Å². The first-order valence-corrected chi connectivity index (χ1v) is 14.0. The maximum Gasteiger partial charge on any atom is 0.421 e. The van der Waals surface area contributed by atoms with E-state index in [1.807, 2.05) is 0 Å². The molecule has 2 atom stereocenters. The highest BCUT2D eigenvalue weighted by atomic mass is 32.2. The van der Waals surface area contributed by atoms with E-state index in [4.69, 9.17) is 9.47 Å². The van der Waals surface area contributed by atoms with Gasteiger partial charge in [0.05, 0.1) is 12.2 Å². The molecule has 0 aromatic heterocycles. The average Bonchev–Trinajstić information content (AvgIpc) is 2.83. The molecular weight excluding hydrogens is 558 g/mol. The molecule has 39 heavy (non-hydrogen) atoms. The molecule has 3 N–H and O–H groups in total. The normalized spacial score (nSPS) is 18.9. The lowest BCUT2D eigenvalue weighted by Crippen LogP contribution is -2.70. The lowest BCUT2D eigenvalue weighted by Gasteiger charge is -2.49. The molecule has 2 heterocycles. The SMILES string of the molecule is CCOC(=O)NS(=O)(=O)c1ccccc1C(=O)OCC1=C(C(=O)O)N2C(=O)[C@@H](NC(=O)OC(C)(C)C)[C@@H]2SC1. The predicted molar refractivity (Wildman–Crippen MR) is 135 cm³/mol. The fourth-order valence-corrected chi connectivity index (χ4v) is 6.07. The number of rotatable bonds is 8. The van der Waals surface area contributed by atoms with Gasteiger partial charge in [-0.15, -0.1) is 11.8 Å². The Bertz CT molecular complexity index is 1330. The van der Waals surface area contributed by atoms with Gasteiger partial charge in [-0.05, 0) is 39.8 Å². The number of ether oxygens (including phenoxy) is 3. The molecule has 1 saturated heterocycles. The highest BCUT2D eigenvalue weighted by Gasteiger charge is 2.54. The number of carbonyl (C=O) groups excluding carboxylic acids is 4. The van der Waals surface area contributed by atoms with Crippen LogP contribution in [0, 0.1) is 0 Å². The Labute approximate surface area is 228 Å². The number of carboxylic acid groups (broad SMARTS) is 1. The zero-order chi connectivity index (χ0) is 29.1. The van der Waals surface area contributed by atoms with Gasteiger partial charge < -0.3 is 24.6 Å². The monoisotopic (exact) mass is 585 g/mol. The summed E-state index contributed by atoms with van der Waals surface area (Å²) in [4.78, 5) is 61.7. The van der Waals surface area contributed by atoms with Gasteiger partial charge in [-0.1, -0.05) is 12.1 Å². The second-order valence-corrected chi connectivity index (χ2v) is 11.9. The molecule has 1 fully saturated rings. The van der Waals surface area contributed by atoms with Crippen molar-refractivity contribution in [2.45, 2.75) is 49.6 Å². The molecule has 2 aliphatic heterocycles. The third-order valence-electron chi connectivity index (χ3n) is 5.19. The van der Waals surface area contributed by atoms with Crippen LogP contribution < -0.4 is 10.0 Å². The molecule has 0 bridgehead atoms. The van der Waals surface area contributed by atoms with Gasteiger partial charge >= 0.3 is 24.1 Å². The first-order chi connectivity index (χ1) is 18.2. The number of thioether (sulfide) groups is 1. The predicted octanol–water partition coefficient (Wildman–Crippen LogP) is 1.43. The Kier molecular flexibility index (Phi) is 8.80. The van der Waals surface area contributed by atoms with Gasteiger partial charge in [0.1, 0.15) is 34.2 Å². The van der Waals surface area contributed by atoms with Gasteiger partial charge in [-0.25, -0.2) is 32.3 Å². The van der Waals surface area contributed by atoms with Crippen molar-refractivity contribution >= 4 is 51.8 Å². The maximum absolute atomic E-state index is 12.8. The summed E-state index contributed by atoms with van der Waals surface area (Å²) in [6.45, 7) is 5.80. The third-order valence-corrected chi connectivity index (χ3v) is 7.90. The van der Waals surface area contributed by atoms with Crippen LogP contribution in [-0.2, 0) is 33.8 Å². The first kappa shape index (κ1) is 29.8. The Hall–Kier alpha value is -3.79. The van der Waals surface area contributed by atoms with E-state index >= 15 is 0 Å². The highest BCUT2D eigenvalue weighted by Crippen LogP contribution is 2.40. The van der Waals surface area contributed by atoms with E-state index in [9.17, 15) is 37.5 Å². The Morgan fingerprint density at radius 2 is 1.79 bits per heavy atom. The van der Waals surface area contributed by atoms with Crippen LogP contribution in [0.3, 0.4) is 0 Å². The van der Waals surface area contributed by atoms with Crippen LogP contribution in [0.4, 0.5) is 9.59 Å². The van der Waals surface area contributed by atoms with Crippen LogP contribution in [0.2, 0.25) is 0 Å². The molecular formula is C23H27N3O11S2. The largest absolute Gasteiger partial charge is 0.477 e. The topological polar surface area (TPSA) is 195 Å². The van der Waals surface area contributed by atoms with Crippen molar-refractivity contribution in [3.63, 3.8) is 0 Å². The second-order valence-electron chi connectivity index (χ2n) is 9.19. The molecule has 3 rings (SSSR count). The van der Waals surface area contributed by atoms with Gasteiger partial charge in [0.25, 0.3) is 15.9 Å². The number of carboxylic acids is 1. The number of benzene rings is 1. The number of alkyl carbamates (subject to hydrolysis) is 1. The molecule has 0 unspecified atom stereocenters. The molecule has 3 amide bonds. The van der Waals surface area contributed by atoms with Crippen molar-refractivity contribution in [3.05, 3.63) is 41.1 Å². The van der Waals surface area contributed by atoms with Crippen molar-refractivity contribution in [2.24, 2.45) is 0 Å². The zero-order valence-electron chi connectivity index (χ0n) is 21.4. The van der Waals surface area contributed by atoms with Crippen LogP contribution in [0.5, 0.6) is 0 Å².